The minimum Gasteiger partial charge on any atom is -0.497 e. The van der Waals surface area contributed by atoms with Crippen LogP contribution in [0.2, 0.25) is 0 Å². The number of ether oxygens (including phenoxy) is 1. The Morgan fingerprint density at radius 3 is 3.05 bits per heavy atom. The second-order valence-electron chi connectivity index (χ2n) is 5.67. The van der Waals surface area contributed by atoms with Crippen molar-refractivity contribution in [2.45, 2.75) is 32.4 Å². The molecule has 1 aliphatic heterocycles. The van der Waals surface area contributed by atoms with Crippen molar-refractivity contribution in [3.63, 3.8) is 0 Å². The number of methoxy groups -OCH3 is 1. The molecule has 1 saturated heterocycles. The number of benzene rings is 1. The SMILES string of the molecule is CNC(C)CC1CCN(Cc2cccc(OC)c2)C1. The molecule has 0 aromatic heterocycles. The first kappa shape index (κ1) is 14.4. The third-order valence-electron chi connectivity index (χ3n) is 4.09. The Hall–Kier alpha value is -1.06. The average Bonchev–Trinajstić information content (AvgIpc) is 2.86. The van der Waals surface area contributed by atoms with Crippen LogP contribution in [0, 0.1) is 5.92 Å². The topological polar surface area (TPSA) is 24.5 Å². The molecule has 106 valence electrons. The zero-order chi connectivity index (χ0) is 13.7. The van der Waals surface area contributed by atoms with Gasteiger partial charge in [0.05, 0.1) is 7.11 Å². The molecule has 1 aliphatic rings. The van der Waals surface area contributed by atoms with Gasteiger partial charge >= 0.3 is 0 Å². The second kappa shape index (κ2) is 6.92. The van der Waals surface area contributed by atoms with Crippen LogP contribution in [0.1, 0.15) is 25.3 Å². The predicted octanol–water partition coefficient (Wildman–Crippen LogP) is 2.52. The van der Waals surface area contributed by atoms with Crippen molar-refractivity contribution < 1.29 is 4.74 Å². The summed E-state index contributed by atoms with van der Waals surface area (Å²) in [5.74, 6) is 1.80. The van der Waals surface area contributed by atoms with Crippen molar-refractivity contribution in [3.8, 4) is 5.75 Å². The summed E-state index contributed by atoms with van der Waals surface area (Å²) < 4.78 is 5.28. The molecule has 0 saturated carbocycles. The lowest BCUT2D eigenvalue weighted by molar-refractivity contribution is 0.306. The lowest BCUT2D eigenvalue weighted by atomic mass is 10.0. The van der Waals surface area contributed by atoms with Crippen LogP contribution >= 0.6 is 0 Å². The van der Waals surface area contributed by atoms with E-state index in [1.54, 1.807) is 7.11 Å². The van der Waals surface area contributed by atoms with Crippen LogP contribution in [-0.4, -0.2) is 38.2 Å². The highest BCUT2D eigenvalue weighted by Gasteiger charge is 2.23. The van der Waals surface area contributed by atoms with Gasteiger partial charge in [-0.05, 0) is 57.0 Å². The quantitative estimate of drug-likeness (QED) is 0.852. The summed E-state index contributed by atoms with van der Waals surface area (Å²) in [5, 5.41) is 3.34. The molecule has 1 N–H and O–H groups in total. The van der Waals surface area contributed by atoms with E-state index in [0.717, 1.165) is 18.2 Å². The molecule has 2 rings (SSSR count). The molecule has 2 atom stereocenters. The van der Waals surface area contributed by atoms with Gasteiger partial charge in [0.2, 0.25) is 0 Å². The molecule has 0 spiro atoms. The van der Waals surface area contributed by atoms with Gasteiger partial charge in [-0.3, -0.25) is 4.90 Å². The molecule has 3 nitrogen and oxygen atoms in total. The molecular formula is C16H26N2O. The van der Waals surface area contributed by atoms with E-state index in [1.807, 2.05) is 13.1 Å². The van der Waals surface area contributed by atoms with E-state index in [4.69, 9.17) is 4.74 Å². The fraction of sp³-hybridized carbons (Fsp3) is 0.625. The van der Waals surface area contributed by atoms with Crippen molar-refractivity contribution in [1.82, 2.24) is 10.2 Å². The van der Waals surface area contributed by atoms with Gasteiger partial charge in [-0.25, -0.2) is 0 Å². The maximum absolute atomic E-state index is 5.28. The predicted molar refractivity (Wildman–Crippen MR) is 79.5 cm³/mol. The van der Waals surface area contributed by atoms with Gasteiger partial charge in [-0.15, -0.1) is 0 Å². The van der Waals surface area contributed by atoms with Crippen molar-refractivity contribution in [2.75, 3.05) is 27.2 Å². The Kier molecular flexibility index (Phi) is 5.23. The zero-order valence-corrected chi connectivity index (χ0v) is 12.4. The van der Waals surface area contributed by atoms with Gasteiger partial charge in [0.25, 0.3) is 0 Å². The minimum absolute atomic E-state index is 0.627. The van der Waals surface area contributed by atoms with Gasteiger partial charge < -0.3 is 10.1 Å². The van der Waals surface area contributed by atoms with Crippen LogP contribution in [0.15, 0.2) is 24.3 Å². The van der Waals surface area contributed by atoms with Crippen LogP contribution in [0.3, 0.4) is 0 Å². The Bertz CT molecular complexity index is 394. The summed E-state index contributed by atoms with van der Waals surface area (Å²) in [6.45, 7) is 5.76. The molecule has 0 bridgehead atoms. The summed E-state index contributed by atoms with van der Waals surface area (Å²) in [5.41, 5.74) is 1.35. The molecule has 0 amide bonds. The number of rotatable bonds is 6. The Morgan fingerprint density at radius 1 is 1.47 bits per heavy atom. The normalized spacial score (nSPS) is 21.5. The van der Waals surface area contributed by atoms with E-state index < -0.39 is 0 Å². The second-order valence-corrected chi connectivity index (χ2v) is 5.67. The molecule has 0 aliphatic carbocycles. The van der Waals surface area contributed by atoms with Gasteiger partial charge in [0.1, 0.15) is 5.75 Å². The van der Waals surface area contributed by atoms with Crippen LogP contribution in [-0.2, 0) is 6.54 Å². The van der Waals surface area contributed by atoms with Crippen LogP contribution in [0.25, 0.3) is 0 Å². The monoisotopic (exact) mass is 262 g/mol. The highest BCUT2D eigenvalue weighted by atomic mass is 16.5. The first-order valence-corrected chi connectivity index (χ1v) is 7.23. The van der Waals surface area contributed by atoms with E-state index in [1.165, 1.54) is 31.5 Å². The molecule has 1 aromatic carbocycles. The van der Waals surface area contributed by atoms with E-state index in [2.05, 4.69) is 35.3 Å². The molecule has 1 aromatic rings. The molecule has 2 unspecified atom stereocenters. The first-order valence-electron chi connectivity index (χ1n) is 7.23. The largest absolute Gasteiger partial charge is 0.497 e. The summed E-state index contributed by atoms with van der Waals surface area (Å²) in [4.78, 5) is 2.56. The summed E-state index contributed by atoms with van der Waals surface area (Å²) >= 11 is 0. The average molecular weight is 262 g/mol. The fourth-order valence-electron chi connectivity index (χ4n) is 2.90. The smallest absolute Gasteiger partial charge is 0.119 e. The van der Waals surface area contributed by atoms with Crippen molar-refractivity contribution >= 4 is 0 Å². The highest BCUT2D eigenvalue weighted by molar-refractivity contribution is 5.28. The summed E-state index contributed by atoms with van der Waals surface area (Å²) in [6.07, 6.45) is 2.61. The third-order valence-corrected chi connectivity index (χ3v) is 4.09. The van der Waals surface area contributed by atoms with Crippen molar-refractivity contribution in [3.05, 3.63) is 29.8 Å². The molecule has 19 heavy (non-hydrogen) atoms. The summed E-state index contributed by atoms with van der Waals surface area (Å²) in [7, 11) is 3.78. The Labute approximate surface area is 116 Å². The number of likely N-dealkylation sites (tertiary alicyclic amines) is 1. The highest BCUT2D eigenvalue weighted by Crippen LogP contribution is 2.23. The third kappa shape index (κ3) is 4.22. The number of nitrogens with zero attached hydrogens (tertiary/aromatic N) is 1. The van der Waals surface area contributed by atoms with Crippen LogP contribution < -0.4 is 10.1 Å². The van der Waals surface area contributed by atoms with Gasteiger partial charge in [0, 0.05) is 19.1 Å². The zero-order valence-electron chi connectivity index (χ0n) is 12.4. The van der Waals surface area contributed by atoms with E-state index in [-0.39, 0.29) is 0 Å². The van der Waals surface area contributed by atoms with E-state index in [9.17, 15) is 0 Å². The fourth-order valence-corrected chi connectivity index (χ4v) is 2.90. The molecule has 1 heterocycles. The molecular weight excluding hydrogens is 236 g/mol. The lowest BCUT2D eigenvalue weighted by Gasteiger charge is -2.18. The lowest BCUT2D eigenvalue weighted by Crippen LogP contribution is -2.26. The summed E-state index contributed by atoms with van der Waals surface area (Å²) in [6, 6.07) is 9.03. The standard InChI is InChI=1S/C16H26N2O/c1-13(17-2)9-15-7-8-18(12-15)11-14-5-4-6-16(10-14)19-3/h4-6,10,13,15,17H,7-9,11-12H2,1-3H3. The number of nitrogens with one attached hydrogen (secondary N) is 1. The number of hydrogen-bond donors (Lipinski definition) is 1. The van der Waals surface area contributed by atoms with Crippen LogP contribution in [0.5, 0.6) is 5.75 Å². The molecule has 3 heteroatoms. The minimum atomic E-state index is 0.627. The van der Waals surface area contributed by atoms with Gasteiger partial charge in [-0.2, -0.15) is 0 Å². The Morgan fingerprint density at radius 2 is 2.32 bits per heavy atom. The van der Waals surface area contributed by atoms with Gasteiger partial charge in [-0.1, -0.05) is 12.1 Å². The maximum atomic E-state index is 5.28. The maximum Gasteiger partial charge on any atom is 0.119 e. The molecule has 1 fully saturated rings. The van der Waals surface area contributed by atoms with E-state index in [0.29, 0.717) is 6.04 Å². The first-order chi connectivity index (χ1) is 9.21. The van der Waals surface area contributed by atoms with Gasteiger partial charge in [0.15, 0.2) is 0 Å². The van der Waals surface area contributed by atoms with Crippen molar-refractivity contribution in [2.24, 2.45) is 5.92 Å². The van der Waals surface area contributed by atoms with Crippen LogP contribution in [0.4, 0.5) is 0 Å². The Balaban J connectivity index is 1.84. The molecule has 0 radical (unpaired) electrons. The van der Waals surface area contributed by atoms with E-state index >= 15 is 0 Å². The number of hydrogen-bond acceptors (Lipinski definition) is 3. The van der Waals surface area contributed by atoms with Crippen molar-refractivity contribution in [1.29, 1.82) is 0 Å².